The van der Waals surface area contributed by atoms with Gasteiger partial charge in [0.1, 0.15) is 5.69 Å². The fourth-order valence-corrected chi connectivity index (χ4v) is 1.58. The molecule has 0 atom stereocenters. The third-order valence-corrected chi connectivity index (χ3v) is 2.60. The topological polar surface area (TPSA) is 95.5 Å². The minimum Gasteiger partial charge on any atom is -0.462 e. The summed E-state index contributed by atoms with van der Waals surface area (Å²) in [6, 6.07) is 2.54. The van der Waals surface area contributed by atoms with Gasteiger partial charge >= 0.3 is 5.97 Å². The van der Waals surface area contributed by atoms with Crippen LogP contribution < -0.4 is 5.73 Å². The largest absolute Gasteiger partial charge is 0.462 e. The Labute approximate surface area is 123 Å². The van der Waals surface area contributed by atoms with Gasteiger partial charge in [0.15, 0.2) is 0 Å². The van der Waals surface area contributed by atoms with Gasteiger partial charge in [0.05, 0.1) is 22.7 Å². The van der Waals surface area contributed by atoms with Crippen molar-refractivity contribution in [3.8, 4) is 11.8 Å². The maximum absolute atomic E-state index is 11.7. The molecule has 0 heterocycles. The Morgan fingerprint density at radius 2 is 2.14 bits per heavy atom. The summed E-state index contributed by atoms with van der Waals surface area (Å²) in [7, 11) is 0. The van der Waals surface area contributed by atoms with Crippen molar-refractivity contribution in [2.24, 2.45) is 5.92 Å². The van der Waals surface area contributed by atoms with Crippen molar-refractivity contribution >= 4 is 17.3 Å². The lowest BCUT2D eigenvalue weighted by atomic mass is 10.1. The van der Waals surface area contributed by atoms with Crippen molar-refractivity contribution in [3.63, 3.8) is 0 Å². The molecule has 1 aromatic rings. The van der Waals surface area contributed by atoms with Crippen LogP contribution in [0.25, 0.3) is 0 Å². The number of carbonyl (C=O) groups excluding carboxylic acids is 1. The molecular weight excluding hydrogens is 272 g/mol. The quantitative estimate of drug-likeness (QED) is 0.302. The Bertz CT molecular complexity index is 612. The Balaban J connectivity index is 3.30. The summed E-state index contributed by atoms with van der Waals surface area (Å²) in [5.41, 5.74) is 5.72. The third kappa shape index (κ3) is 4.49. The fraction of sp³-hybridized carbons (Fsp3) is 0.400. The molecule has 0 aliphatic heterocycles. The molecule has 0 bridgehead atoms. The van der Waals surface area contributed by atoms with Gasteiger partial charge in [-0.3, -0.25) is 10.1 Å². The van der Waals surface area contributed by atoms with Gasteiger partial charge in [0.2, 0.25) is 0 Å². The van der Waals surface area contributed by atoms with E-state index in [0.29, 0.717) is 12.3 Å². The first-order valence-electron chi connectivity index (χ1n) is 6.60. The van der Waals surface area contributed by atoms with Crippen LogP contribution in [-0.4, -0.2) is 17.5 Å². The molecule has 6 nitrogen and oxygen atoms in total. The van der Waals surface area contributed by atoms with Crippen molar-refractivity contribution in [1.82, 2.24) is 0 Å². The number of nitrogens with zero attached hydrogens (tertiary/aromatic N) is 1. The van der Waals surface area contributed by atoms with Crippen LogP contribution in [0.2, 0.25) is 0 Å². The maximum Gasteiger partial charge on any atom is 0.338 e. The molecule has 0 saturated heterocycles. The van der Waals surface area contributed by atoms with Crippen LogP contribution in [0.4, 0.5) is 11.4 Å². The molecule has 2 N–H and O–H groups in total. The number of ether oxygens (including phenoxy) is 1. The van der Waals surface area contributed by atoms with Gasteiger partial charge < -0.3 is 10.5 Å². The van der Waals surface area contributed by atoms with E-state index in [-0.39, 0.29) is 29.1 Å². The Kier molecular flexibility index (Phi) is 5.73. The number of nitro groups is 1. The van der Waals surface area contributed by atoms with Crippen LogP contribution >= 0.6 is 0 Å². The zero-order chi connectivity index (χ0) is 16.0. The van der Waals surface area contributed by atoms with Gasteiger partial charge in [-0.1, -0.05) is 25.7 Å². The van der Waals surface area contributed by atoms with Gasteiger partial charge in [-0.15, -0.1) is 0 Å². The molecule has 0 aromatic heterocycles. The molecule has 112 valence electrons. The van der Waals surface area contributed by atoms with Crippen LogP contribution in [0.1, 0.15) is 43.1 Å². The first kappa shape index (κ1) is 16.5. The highest BCUT2D eigenvalue weighted by Gasteiger charge is 2.20. The minimum absolute atomic E-state index is 0.0377. The first-order chi connectivity index (χ1) is 9.86. The lowest BCUT2D eigenvalue weighted by Crippen LogP contribution is -2.08. The summed E-state index contributed by atoms with van der Waals surface area (Å²) in [4.78, 5) is 22.1. The second-order valence-electron chi connectivity index (χ2n) is 4.83. The van der Waals surface area contributed by atoms with Gasteiger partial charge in [0.25, 0.3) is 5.69 Å². The van der Waals surface area contributed by atoms with Gasteiger partial charge in [-0.25, -0.2) is 4.79 Å². The van der Waals surface area contributed by atoms with E-state index in [2.05, 4.69) is 11.8 Å². The van der Waals surface area contributed by atoms with Gasteiger partial charge in [0, 0.05) is 12.5 Å². The average molecular weight is 290 g/mol. The normalized spacial score (nSPS) is 9.90. The second kappa shape index (κ2) is 7.29. The number of esters is 1. The standard InChI is InChI=1S/C15H18N2O4/c1-4-21-15(18)12-8-11(7-5-6-10(2)3)14(16)13(9-12)17(19)20/h8-10H,4,6,16H2,1-3H3. The zero-order valence-electron chi connectivity index (χ0n) is 12.3. The number of carbonyl (C=O) groups is 1. The molecule has 6 heteroatoms. The highest BCUT2D eigenvalue weighted by Crippen LogP contribution is 2.27. The summed E-state index contributed by atoms with van der Waals surface area (Å²) < 4.78 is 4.85. The van der Waals surface area contributed by atoms with E-state index in [1.54, 1.807) is 6.92 Å². The molecule has 0 amide bonds. The summed E-state index contributed by atoms with van der Waals surface area (Å²) in [5.74, 6) is 5.44. The van der Waals surface area contributed by atoms with E-state index in [9.17, 15) is 14.9 Å². The predicted molar refractivity (Wildman–Crippen MR) is 79.8 cm³/mol. The number of nitro benzene ring substituents is 1. The van der Waals surface area contributed by atoms with Crippen LogP contribution in [0.15, 0.2) is 12.1 Å². The van der Waals surface area contributed by atoms with Crippen LogP contribution in [0.3, 0.4) is 0 Å². The lowest BCUT2D eigenvalue weighted by Gasteiger charge is -2.05. The first-order valence-corrected chi connectivity index (χ1v) is 6.60. The van der Waals surface area contributed by atoms with Crippen LogP contribution in [0, 0.1) is 27.9 Å². The van der Waals surface area contributed by atoms with E-state index in [0.717, 1.165) is 6.07 Å². The van der Waals surface area contributed by atoms with Crippen molar-refractivity contribution in [3.05, 3.63) is 33.4 Å². The highest BCUT2D eigenvalue weighted by atomic mass is 16.6. The molecule has 0 unspecified atom stereocenters. The Morgan fingerprint density at radius 3 is 2.67 bits per heavy atom. The number of nitrogens with two attached hydrogens (primary N) is 1. The van der Waals surface area contributed by atoms with Crippen molar-refractivity contribution in [2.45, 2.75) is 27.2 Å². The predicted octanol–water partition coefficient (Wildman–Crippen LogP) is 2.75. The molecule has 21 heavy (non-hydrogen) atoms. The van der Waals surface area contributed by atoms with E-state index >= 15 is 0 Å². The van der Waals surface area contributed by atoms with E-state index in [1.165, 1.54) is 6.07 Å². The Morgan fingerprint density at radius 1 is 1.48 bits per heavy atom. The van der Waals surface area contributed by atoms with Crippen molar-refractivity contribution < 1.29 is 14.5 Å². The molecule has 0 fully saturated rings. The minimum atomic E-state index is -0.633. The maximum atomic E-state index is 11.7. The molecule has 0 spiro atoms. The zero-order valence-corrected chi connectivity index (χ0v) is 12.3. The summed E-state index contributed by atoms with van der Waals surface area (Å²) in [6.07, 6.45) is 0.636. The summed E-state index contributed by atoms with van der Waals surface area (Å²) >= 11 is 0. The molecule has 0 radical (unpaired) electrons. The molecule has 1 aromatic carbocycles. The number of hydrogen-bond acceptors (Lipinski definition) is 5. The molecule has 0 aliphatic carbocycles. The number of hydrogen-bond donors (Lipinski definition) is 1. The highest BCUT2D eigenvalue weighted by molar-refractivity contribution is 5.92. The SMILES string of the molecule is CCOC(=O)c1cc(C#CCC(C)C)c(N)c([N+](=O)[O-])c1. The average Bonchev–Trinajstić information content (AvgIpc) is 2.40. The van der Waals surface area contributed by atoms with Crippen LogP contribution in [0.5, 0.6) is 0 Å². The second-order valence-corrected chi connectivity index (χ2v) is 4.83. The number of anilines is 1. The lowest BCUT2D eigenvalue weighted by molar-refractivity contribution is -0.383. The van der Waals surface area contributed by atoms with Crippen molar-refractivity contribution in [2.75, 3.05) is 12.3 Å². The van der Waals surface area contributed by atoms with E-state index < -0.39 is 10.9 Å². The van der Waals surface area contributed by atoms with Gasteiger partial charge in [-0.2, -0.15) is 0 Å². The monoisotopic (exact) mass is 290 g/mol. The van der Waals surface area contributed by atoms with Crippen molar-refractivity contribution in [1.29, 1.82) is 0 Å². The fourth-order valence-electron chi connectivity index (χ4n) is 1.58. The van der Waals surface area contributed by atoms with Gasteiger partial charge in [-0.05, 0) is 18.9 Å². The smallest absolute Gasteiger partial charge is 0.338 e. The molecule has 0 aliphatic rings. The third-order valence-electron chi connectivity index (χ3n) is 2.60. The van der Waals surface area contributed by atoms with E-state index in [1.807, 2.05) is 13.8 Å². The number of nitrogen functional groups attached to an aromatic ring is 1. The Hall–Kier alpha value is -2.55. The molecule has 0 saturated carbocycles. The summed E-state index contributed by atoms with van der Waals surface area (Å²) in [6.45, 7) is 5.86. The number of benzene rings is 1. The van der Waals surface area contributed by atoms with E-state index in [4.69, 9.17) is 10.5 Å². The number of rotatable bonds is 4. The summed E-state index contributed by atoms with van der Waals surface area (Å²) in [5, 5.41) is 11.0. The molecule has 1 rings (SSSR count). The molecular formula is C15H18N2O4. The van der Waals surface area contributed by atoms with Crippen LogP contribution in [-0.2, 0) is 4.74 Å².